The predicted octanol–water partition coefficient (Wildman–Crippen LogP) is 3.80. The molecule has 0 amide bonds. The fraction of sp³-hybridized carbons (Fsp3) is 0.316. The molecule has 152 valence electrons. The Morgan fingerprint density at radius 2 is 1.75 bits per heavy atom. The van der Waals surface area contributed by atoms with E-state index in [2.05, 4.69) is 20.4 Å². The van der Waals surface area contributed by atoms with Crippen LogP contribution < -0.4 is 20.1 Å². The number of rotatable bonds is 9. The lowest BCUT2D eigenvalue weighted by molar-refractivity contribution is -0.0504. The summed E-state index contributed by atoms with van der Waals surface area (Å²) >= 11 is 0. The number of hydrogen-bond donors (Lipinski definition) is 2. The molecule has 0 spiro atoms. The van der Waals surface area contributed by atoms with Gasteiger partial charge in [-0.05, 0) is 23.8 Å². The van der Waals surface area contributed by atoms with Crippen LogP contribution in [0.4, 0.5) is 17.6 Å². The molecule has 0 atom stereocenters. The number of nitrogens with one attached hydrogen (secondary N) is 2. The summed E-state index contributed by atoms with van der Waals surface area (Å²) in [6, 6.07) is 13.2. The molecule has 0 aromatic heterocycles. The second-order valence-corrected chi connectivity index (χ2v) is 5.62. The van der Waals surface area contributed by atoms with E-state index in [1.807, 2.05) is 0 Å². The van der Waals surface area contributed by atoms with Crippen molar-refractivity contribution in [2.75, 3.05) is 13.7 Å². The number of guanidine groups is 1. The molecule has 0 radical (unpaired) electrons. The summed E-state index contributed by atoms with van der Waals surface area (Å²) in [6.45, 7) is -2.99. The van der Waals surface area contributed by atoms with Gasteiger partial charge in [-0.1, -0.05) is 30.3 Å². The molecule has 0 saturated carbocycles. The molecule has 0 aliphatic rings. The van der Waals surface area contributed by atoms with Crippen LogP contribution in [0, 0.1) is 0 Å². The largest absolute Gasteiger partial charge is 0.488 e. The molecule has 2 N–H and O–H groups in total. The molecular formula is C19H21F4N3O2. The van der Waals surface area contributed by atoms with Gasteiger partial charge in [-0.3, -0.25) is 4.99 Å². The van der Waals surface area contributed by atoms with Crippen molar-refractivity contribution in [3.8, 4) is 11.5 Å². The fourth-order valence-electron chi connectivity index (χ4n) is 2.35. The van der Waals surface area contributed by atoms with Gasteiger partial charge in [0.1, 0.15) is 18.1 Å². The number of ether oxygens (including phenoxy) is 2. The fourth-order valence-corrected chi connectivity index (χ4v) is 2.35. The SMILES string of the molecule is CN=C(NCc1cccc(OCC(F)F)c1)NCc1ccccc1OC(F)F. The maximum Gasteiger partial charge on any atom is 0.387 e. The summed E-state index contributed by atoms with van der Waals surface area (Å²) < 4.78 is 58.9. The first-order valence-electron chi connectivity index (χ1n) is 8.45. The van der Waals surface area contributed by atoms with E-state index >= 15 is 0 Å². The molecule has 2 aromatic carbocycles. The molecule has 0 aliphatic carbocycles. The molecule has 28 heavy (non-hydrogen) atoms. The van der Waals surface area contributed by atoms with Gasteiger partial charge in [-0.25, -0.2) is 8.78 Å². The first-order chi connectivity index (χ1) is 13.5. The third-order valence-corrected chi connectivity index (χ3v) is 3.59. The monoisotopic (exact) mass is 399 g/mol. The van der Waals surface area contributed by atoms with E-state index in [0.717, 1.165) is 5.56 Å². The van der Waals surface area contributed by atoms with Crippen molar-refractivity contribution in [1.29, 1.82) is 0 Å². The van der Waals surface area contributed by atoms with Crippen LogP contribution in [0.2, 0.25) is 0 Å². The van der Waals surface area contributed by atoms with Crippen LogP contribution in [0.5, 0.6) is 11.5 Å². The zero-order chi connectivity index (χ0) is 20.4. The van der Waals surface area contributed by atoms with Crippen LogP contribution in [-0.4, -0.2) is 32.7 Å². The second-order valence-electron chi connectivity index (χ2n) is 5.62. The van der Waals surface area contributed by atoms with Gasteiger partial charge in [0, 0.05) is 25.7 Å². The van der Waals surface area contributed by atoms with E-state index in [9.17, 15) is 17.6 Å². The lowest BCUT2D eigenvalue weighted by Gasteiger charge is -2.15. The van der Waals surface area contributed by atoms with Crippen molar-refractivity contribution in [2.45, 2.75) is 26.1 Å². The van der Waals surface area contributed by atoms with Gasteiger partial charge in [-0.2, -0.15) is 8.78 Å². The molecular weight excluding hydrogens is 378 g/mol. The number of halogens is 4. The minimum Gasteiger partial charge on any atom is -0.488 e. The van der Waals surface area contributed by atoms with Crippen molar-refractivity contribution in [3.63, 3.8) is 0 Å². The zero-order valence-electron chi connectivity index (χ0n) is 15.2. The first-order valence-corrected chi connectivity index (χ1v) is 8.45. The number of aliphatic imine (C=N–C) groups is 1. The molecule has 0 saturated heterocycles. The average molecular weight is 399 g/mol. The van der Waals surface area contributed by atoms with Crippen molar-refractivity contribution < 1.29 is 27.0 Å². The highest BCUT2D eigenvalue weighted by Gasteiger charge is 2.10. The minimum absolute atomic E-state index is 0.0873. The highest BCUT2D eigenvalue weighted by atomic mass is 19.3. The maximum absolute atomic E-state index is 12.5. The van der Waals surface area contributed by atoms with Gasteiger partial charge < -0.3 is 20.1 Å². The summed E-state index contributed by atoms with van der Waals surface area (Å²) in [5.74, 6) is 0.871. The van der Waals surface area contributed by atoms with Gasteiger partial charge in [-0.15, -0.1) is 0 Å². The Morgan fingerprint density at radius 1 is 1.00 bits per heavy atom. The van der Waals surface area contributed by atoms with Crippen molar-refractivity contribution in [3.05, 3.63) is 59.7 Å². The Bertz CT molecular complexity index is 772. The van der Waals surface area contributed by atoms with Crippen LogP contribution in [0.1, 0.15) is 11.1 Å². The number of para-hydroxylation sites is 1. The van der Waals surface area contributed by atoms with Crippen LogP contribution in [0.25, 0.3) is 0 Å². The van der Waals surface area contributed by atoms with Gasteiger partial charge in [0.05, 0.1) is 0 Å². The van der Waals surface area contributed by atoms with Gasteiger partial charge in [0.25, 0.3) is 6.43 Å². The first kappa shape index (κ1) is 21.3. The van der Waals surface area contributed by atoms with Crippen molar-refractivity contribution in [2.24, 2.45) is 4.99 Å². The Morgan fingerprint density at radius 3 is 2.46 bits per heavy atom. The normalized spacial score (nSPS) is 11.6. The predicted molar refractivity (Wildman–Crippen MR) is 98.1 cm³/mol. The van der Waals surface area contributed by atoms with Gasteiger partial charge >= 0.3 is 6.61 Å². The number of benzene rings is 2. The smallest absolute Gasteiger partial charge is 0.387 e. The lowest BCUT2D eigenvalue weighted by Crippen LogP contribution is -2.36. The third kappa shape index (κ3) is 7.34. The van der Waals surface area contributed by atoms with E-state index in [4.69, 9.17) is 4.74 Å². The second kappa shape index (κ2) is 11.0. The number of hydrogen-bond acceptors (Lipinski definition) is 3. The number of nitrogens with zero attached hydrogens (tertiary/aromatic N) is 1. The Balaban J connectivity index is 1.89. The molecule has 0 bridgehead atoms. The van der Waals surface area contributed by atoms with Gasteiger partial charge in [0.2, 0.25) is 0 Å². The minimum atomic E-state index is -2.90. The molecule has 0 aliphatic heterocycles. The lowest BCUT2D eigenvalue weighted by atomic mass is 10.2. The Labute approximate surface area is 160 Å². The number of alkyl halides is 4. The van der Waals surface area contributed by atoms with E-state index in [-0.39, 0.29) is 12.3 Å². The van der Waals surface area contributed by atoms with E-state index in [1.165, 1.54) is 6.07 Å². The third-order valence-electron chi connectivity index (χ3n) is 3.59. The van der Waals surface area contributed by atoms with E-state index < -0.39 is 19.6 Å². The van der Waals surface area contributed by atoms with Crippen molar-refractivity contribution in [1.82, 2.24) is 10.6 Å². The molecule has 9 heteroatoms. The summed E-state index contributed by atoms with van der Waals surface area (Å²) in [7, 11) is 1.57. The Kier molecular flexibility index (Phi) is 8.38. The molecule has 2 aromatic rings. The molecule has 0 fully saturated rings. The highest BCUT2D eigenvalue weighted by molar-refractivity contribution is 5.79. The summed E-state index contributed by atoms with van der Waals surface area (Å²) in [5.41, 5.74) is 1.35. The van der Waals surface area contributed by atoms with Crippen LogP contribution in [0.15, 0.2) is 53.5 Å². The average Bonchev–Trinajstić information content (AvgIpc) is 2.67. The molecule has 2 rings (SSSR count). The molecule has 5 nitrogen and oxygen atoms in total. The van der Waals surface area contributed by atoms with Crippen LogP contribution in [-0.2, 0) is 13.1 Å². The summed E-state index contributed by atoms with van der Waals surface area (Å²) in [6.07, 6.45) is -2.54. The van der Waals surface area contributed by atoms with E-state index in [0.29, 0.717) is 23.8 Å². The van der Waals surface area contributed by atoms with Crippen LogP contribution >= 0.6 is 0 Å². The topological polar surface area (TPSA) is 54.9 Å². The highest BCUT2D eigenvalue weighted by Crippen LogP contribution is 2.20. The van der Waals surface area contributed by atoms with Crippen LogP contribution in [0.3, 0.4) is 0 Å². The summed E-state index contributed by atoms with van der Waals surface area (Å²) in [4.78, 5) is 4.07. The standard InChI is InChI=1S/C19H21F4N3O2/c1-24-19(26-11-14-6-2-3-8-16(14)28-18(22)23)25-10-13-5-4-7-15(9-13)27-12-17(20)21/h2-9,17-18H,10-12H2,1H3,(H2,24,25,26). The maximum atomic E-state index is 12.5. The summed E-state index contributed by atoms with van der Waals surface area (Å²) in [5, 5.41) is 6.06. The Hall–Kier alpha value is -2.97. The van der Waals surface area contributed by atoms with Crippen molar-refractivity contribution >= 4 is 5.96 Å². The van der Waals surface area contributed by atoms with Gasteiger partial charge in [0.15, 0.2) is 5.96 Å². The molecule has 0 heterocycles. The quantitative estimate of drug-likeness (QED) is 0.383. The van der Waals surface area contributed by atoms with E-state index in [1.54, 1.807) is 49.5 Å². The molecule has 0 unspecified atom stereocenters. The zero-order valence-corrected chi connectivity index (χ0v) is 15.2.